The van der Waals surface area contributed by atoms with Gasteiger partial charge in [0.25, 0.3) is 0 Å². The Kier molecular flexibility index (Phi) is 4.01. The van der Waals surface area contributed by atoms with Gasteiger partial charge in [0.05, 0.1) is 12.8 Å². The molecule has 0 radical (unpaired) electrons. The van der Waals surface area contributed by atoms with Crippen LogP contribution in [0.4, 0.5) is 0 Å². The van der Waals surface area contributed by atoms with Gasteiger partial charge in [0.2, 0.25) is 5.78 Å². The number of benzene rings is 1. The second-order valence-corrected chi connectivity index (χ2v) is 2.80. The maximum atomic E-state index is 11.3. The monoisotopic (exact) mass is 191 g/mol. The molecule has 0 aliphatic carbocycles. The smallest absolute Gasteiger partial charge is 0.203 e. The van der Waals surface area contributed by atoms with Crippen molar-refractivity contribution < 1.29 is 9.53 Å². The Labute approximate surface area is 83.2 Å². The highest BCUT2D eigenvalue weighted by Gasteiger charge is 2.07. The lowest BCUT2D eigenvalue weighted by molar-refractivity contribution is 0.105. The molecule has 1 N–H and O–H groups in total. The summed E-state index contributed by atoms with van der Waals surface area (Å²) in [7, 11) is 0. The summed E-state index contributed by atoms with van der Waals surface area (Å²) in [6, 6.07) is 7.19. The minimum Gasteiger partial charge on any atom is -0.377 e. The Morgan fingerprint density at radius 2 is 2.21 bits per heavy atom. The van der Waals surface area contributed by atoms with Crippen LogP contribution in [0.1, 0.15) is 22.8 Å². The molecule has 0 aromatic heterocycles. The SMILES string of the molecule is CCOCc1ccccc1C(=O)C=N. The van der Waals surface area contributed by atoms with Crippen LogP contribution in [0.25, 0.3) is 0 Å². The molecule has 0 amide bonds. The van der Waals surface area contributed by atoms with Gasteiger partial charge in [0, 0.05) is 12.2 Å². The molecule has 1 aromatic carbocycles. The van der Waals surface area contributed by atoms with Gasteiger partial charge in [0.1, 0.15) is 0 Å². The zero-order valence-electron chi connectivity index (χ0n) is 8.12. The summed E-state index contributed by atoms with van der Waals surface area (Å²) in [6.45, 7) is 2.94. The number of nitrogens with one attached hydrogen (secondary N) is 1. The molecule has 0 heterocycles. The zero-order valence-corrected chi connectivity index (χ0v) is 8.12. The number of hydrogen-bond acceptors (Lipinski definition) is 3. The summed E-state index contributed by atoms with van der Waals surface area (Å²) >= 11 is 0. The topological polar surface area (TPSA) is 50.2 Å². The average molecular weight is 191 g/mol. The average Bonchev–Trinajstić information content (AvgIpc) is 2.25. The van der Waals surface area contributed by atoms with Crippen molar-refractivity contribution >= 4 is 12.0 Å². The van der Waals surface area contributed by atoms with Gasteiger partial charge in [-0.1, -0.05) is 24.3 Å². The van der Waals surface area contributed by atoms with Crippen LogP contribution < -0.4 is 0 Å². The van der Waals surface area contributed by atoms with Crippen LogP contribution in [-0.2, 0) is 11.3 Å². The van der Waals surface area contributed by atoms with Crippen LogP contribution in [0.5, 0.6) is 0 Å². The molecule has 0 aliphatic rings. The quantitative estimate of drug-likeness (QED) is 0.572. The van der Waals surface area contributed by atoms with Crippen molar-refractivity contribution in [1.82, 2.24) is 0 Å². The van der Waals surface area contributed by atoms with E-state index >= 15 is 0 Å². The Balaban J connectivity index is 2.90. The van der Waals surface area contributed by atoms with Crippen molar-refractivity contribution in [1.29, 1.82) is 5.41 Å². The van der Waals surface area contributed by atoms with E-state index in [1.54, 1.807) is 12.1 Å². The molecule has 0 atom stereocenters. The van der Waals surface area contributed by atoms with Gasteiger partial charge in [-0.15, -0.1) is 0 Å². The largest absolute Gasteiger partial charge is 0.377 e. The van der Waals surface area contributed by atoms with E-state index in [0.717, 1.165) is 11.8 Å². The second kappa shape index (κ2) is 5.29. The number of ketones is 1. The zero-order chi connectivity index (χ0) is 10.4. The molecule has 14 heavy (non-hydrogen) atoms. The van der Waals surface area contributed by atoms with Crippen molar-refractivity contribution in [3.05, 3.63) is 35.4 Å². The van der Waals surface area contributed by atoms with Crippen molar-refractivity contribution in [2.75, 3.05) is 6.61 Å². The fourth-order valence-corrected chi connectivity index (χ4v) is 1.18. The Bertz CT molecular complexity index is 334. The van der Waals surface area contributed by atoms with Gasteiger partial charge in [-0.2, -0.15) is 0 Å². The third-order valence-electron chi connectivity index (χ3n) is 1.88. The van der Waals surface area contributed by atoms with Crippen LogP contribution in [0.2, 0.25) is 0 Å². The van der Waals surface area contributed by atoms with Crippen LogP contribution in [0.15, 0.2) is 24.3 Å². The lowest BCUT2D eigenvalue weighted by Crippen LogP contribution is -2.05. The standard InChI is InChI=1S/C11H13NO2/c1-2-14-8-9-5-3-4-6-10(9)11(13)7-12/h3-7,12H,2,8H2,1H3. The lowest BCUT2D eigenvalue weighted by Gasteiger charge is -2.05. The molecule has 0 bridgehead atoms. The fraction of sp³-hybridized carbons (Fsp3) is 0.273. The molecule has 3 heteroatoms. The summed E-state index contributed by atoms with van der Waals surface area (Å²) in [6.07, 6.45) is 0.824. The van der Waals surface area contributed by atoms with Gasteiger partial charge >= 0.3 is 0 Å². The summed E-state index contributed by atoms with van der Waals surface area (Å²) in [5.74, 6) is -0.277. The molecule has 0 spiro atoms. The minimum absolute atomic E-state index is 0.277. The maximum absolute atomic E-state index is 11.3. The van der Waals surface area contributed by atoms with Crippen LogP contribution in [0.3, 0.4) is 0 Å². The molecule has 1 rings (SSSR count). The van der Waals surface area contributed by atoms with Crippen molar-refractivity contribution in [3.63, 3.8) is 0 Å². The second-order valence-electron chi connectivity index (χ2n) is 2.80. The number of carbonyl (C=O) groups is 1. The van der Waals surface area contributed by atoms with Gasteiger partial charge in [-0.3, -0.25) is 4.79 Å². The van der Waals surface area contributed by atoms with E-state index in [1.807, 2.05) is 19.1 Å². The fourth-order valence-electron chi connectivity index (χ4n) is 1.18. The first-order chi connectivity index (χ1) is 6.79. The summed E-state index contributed by atoms with van der Waals surface area (Å²) in [4.78, 5) is 11.3. The molecule has 0 fully saturated rings. The van der Waals surface area contributed by atoms with E-state index in [1.165, 1.54) is 0 Å². The van der Waals surface area contributed by atoms with Gasteiger partial charge in [-0.05, 0) is 12.5 Å². The van der Waals surface area contributed by atoms with E-state index in [0.29, 0.717) is 18.8 Å². The van der Waals surface area contributed by atoms with Crippen molar-refractivity contribution in [3.8, 4) is 0 Å². The molecule has 74 valence electrons. The molecule has 0 saturated heterocycles. The van der Waals surface area contributed by atoms with E-state index in [4.69, 9.17) is 10.1 Å². The number of ether oxygens (including phenoxy) is 1. The lowest BCUT2D eigenvalue weighted by atomic mass is 10.1. The molecular weight excluding hydrogens is 178 g/mol. The number of hydrogen-bond donors (Lipinski definition) is 1. The first kappa shape index (κ1) is 10.6. The molecular formula is C11H13NO2. The van der Waals surface area contributed by atoms with Crippen LogP contribution in [-0.4, -0.2) is 18.6 Å². The number of rotatable bonds is 5. The van der Waals surface area contributed by atoms with E-state index in [9.17, 15) is 4.79 Å². The first-order valence-corrected chi connectivity index (χ1v) is 4.50. The Morgan fingerprint density at radius 3 is 2.86 bits per heavy atom. The highest BCUT2D eigenvalue weighted by atomic mass is 16.5. The normalized spacial score (nSPS) is 9.79. The first-order valence-electron chi connectivity index (χ1n) is 4.50. The van der Waals surface area contributed by atoms with Gasteiger partial charge in [-0.25, -0.2) is 0 Å². The van der Waals surface area contributed by atoms with Gasteiger partial charge in [0.15, 0.2) is 0 Å². The molecule has 1 aromatic rings. The van der Waals surface area contributed by atoms with E-state index in [2.05, 4.69) is 0 Å². The number of carbonyl (C=O) groups excluding carboxylic acids is 1. The molecule has 0 saturated carbocycles. The summed E-state index contributed by atoms with van der Waals surface area (Å²) in [5, 5.41) is 6.90. The van der Waals surface area contributed by atoms with Crippen LogP contribution in [0, 0.1) is 5.41 Å². The Hall–Kier alpha value is -1.48. The van der Waals surface area contributed by atoms with Crippen molar-refractivity contribution in [2.45, 2.75) is 13.5 Å². The molecule has 0 aliphatic heterocycles. The highest BCUT2D eigenvalue weighted by Crippen LogP contribution is 2.10. The van der Waals surface area contributed by atoms with Gasteiger partial charge < -0.3 is 10.1 Å². The third kappa shape index (κ3) is 2.50. The highest BCUT2D eigenvalue weighted by molar-refractivity contribution is 6.34. The van der Waals surface area contributed by atoms with Crippen molar-refractivity contribution in [2.24, 2.45) is 0 Å². The summed E-state index contributed by atoms with van der Waals surface area (Å²) in [5.41, 5.74) is 1.39. The van der Waals surface area contributed by atoms with E-state index in [-0.39, 0.29) is 5.78 Å². The third-order valence-corrected chi connectivity index (χ3v) is 1.88. The Morgan fingerprint density at radius 1 is 1.50 bits per heavy atom. The predicted octanol–water partition coefficient (Wildman–Crippen LogP) is 2.06. The van der Waals surface area contributed by atoms with E-state index < -0.39 is 0 Å². The number of Topliss-reactive ketones (excluding diaryl/α,β-unsaturated/α-hetero) is 1. The minimum atomic E-state index is -0.277. The summed E-state index contributed by atoms with van der Waals surface area (Å²) < 4.78 is 5.23. The predicted molar refractivity (Wildman–Crippen MR) is 54.9 cm³/mol. The van der Waals surface area contributed by atoms with Crippen LogP contribution >= 0.6 is 0 Å². The molecule has 3 nitrogen and oxygen atoms in total. The maximum Gasteiger partial charge on any atom is 0.203 e. The molecule has 0 unspecified atom stereocenters.